The Balaban J connectivity index is 2.48. The second kappa shape index (κ2) is 5.56. The second-order valence-electron chi connectivity index (χ2n) is 4.25. The van der Waals surface area contributed by atoms with E-state index in [1.165, 1.54) is 6.07 Å². The topological polar surface area (TPSA) is 67.2 Å². The van der Waals surface area contributed by atoms with Crippen molar-refractivity contribution in [2.24, 2.45) is 0 Å². The summed E-state index contributed by atoms with van der Waals surface area (Å²) in [7, 11) is 1.61. The summed E-state index contributed by atoms with van der Waals surface area (Å²) in [4.78, 5) is 10.7. The zero-order valence-electron chi connectivity index (χ0n) is 11.1. The molecule has 0 aliphatic rings. The summed E-state index contributed by atoms with van der Waals surface area (Å²) in [6.45, 7) is 1.62. The average Bonchev–Trinajstić information content (AvgIpc) is 2.43. The number of hydrogen-bond acceptors (Lipinski definition) is 4. The molecule has 0 spiro atoms. The van der Waals surface area contributed by atoms with Gasteiger partial charge in [-0.25, -0.2) is 4.39 Å². The minimum atomic E-state index is -0.469. The zero-order chi connectivity index (χ0) is 14.7. The number of nitrogens with one attached hydrogen (secondary N) is 2. The number of nitrogens with zero attached hydrogens (tertiary/aromatic N) is 1. The molecule has 0 saturated carbocycles. The van der Waals surface area contributed by atoms with Crippen molar-refractivity contribution in [2.45, 2.75) is 6.92 Å². The maximum Gasteiger partial charge on any atom is 0.315 e. The summed E-state index contributed by atoms with van der Waals surface area (Å²) in [5, 5.41) is 16.9. The van der Waals surface area contributed by atoms with Crippen LogP contribution in [-0.2, 0) is 0 Å². The van der Waals surface area contributed by atoms with Crippen LogP contribution in [0.4, 0.5) is 27.1 Å². The summed E-state index contributed by atoms with van der Waals surface area (Å²) in [5.41, 5.74) is 1.56. The van der Waals surface area contributed by atoms with E-state index in [9.17, 15) is 14.5 Å². The van der Waals surface area contributed by atoms with Crippen LogP contribution in [0.2, 0.25) is 0 Å². The van der Waals surface area contributed by atoms with Crippen LogP contribution in [0.3, 0.4) is 0 Å². The summed E-state index contributed by atoms with van der Waals surface area (Å²) in [5.74, 6) is -0.359. The number of halogens is 1. The summed E-state index contributed by atoms with van der Waals surface area (Å²) in [6, 6.07) is 9.46. The van der Waals surface area contributed by atoms with E-state index in [0.29, 0.717) is 22.6 Å². The van der Waals surface area contributed by atoms with E-state index in [1.54, 1.807) is 44.3 Å². The molecule has 5 nitrogen and oxygen atoms in total. The molecule has 0 radical (unpaired) electrons. The second-order valence-corrected chi connectivity index (χ2v) is 4.25. The molecule has 20 heavy (non-hydrogen) atoms. The minimum Gasteiger partial charge on any atom is -0.382 e. The number of anilines is 3. The first-order valence-corrected chi connectivity index (χ1v) is 6.02. The smallest absolute Gasteiger partial charge is 0.315 e. The molecule has 0 aliphatic heterocycles. The van der Waals surface area contributed by atoms with Gasteiger partial charge in [0.15, 0.2) is 0 Å². The molecule has 2 aromatic carbocycles. The van der Waals surface area contributed by atoms with Gasteiger partial charge in [0.05, 0.1) is 4.92 Å². The van der Waals surface area contributed by atoms with Gasteiger partial charge < -0.3 is 10.6 Å². The minimum absolute atomic E-state index is 0.0707. The molecule has 0 heterocycles. The highest BCUT2D eigenvalue weighted by molar-refractivity contribution is 5.80. The molecule has 0 fully saturated rings. The van der Waals surface area contributed by atoms with Gasteiger partial charge in [-0.2, -0.15) is 0 Å². The predicted octanol–water partition coefficient (Wildman–Crippen LogP) is 3.83. The molecule has 0 atom stereocenters. The number of rotatable bonds is 4. The van der Waals surface area contributed by atoms with Crippen LogP contribution < -0.4 is 10.6 Å². The van der Waals surface area contributed by atoms with Crippen molar-refractivity contribution in [3.8, 4) is 0 Å². The van der Waals surface area contributed by atoms with E-state index in [2.05, 4.69) is 10.6 Å². The standard InChI is InChI=1S/C14H14FN3O2/c1-9-10(15)5-3-6-11(9)17-13-8-4-7-12(16-2)14(13)18(19)20/h3-8,16-17H,1-2H3. The lowest BCUT2D eigenvalue weighted by molar-refractivity contribution is -0.383. The lowest BCUT2D eigenvalue weighted by Gasteiger charge is -2.12. The number of hydrogen-bond donors (Lipinski definition) is 2. The SMILES string of the molecule is CNc1cccc(Nc2cccc(F)c2C)c1[N+](=O)[O-]. The lowest BCUT2D eigenvalue weighted by Crippen LogP contribution is -2.02. The molecule has 0 unspecified atom stereocenters. The van der Waals surface area contributed by atoms with Crippen LogP contribution in [0.15, 0.2) is 36.4 Å². The van der Waals surface area contributed by atoms with Crippen molar-refractivity contribution in [3.05, 3.63) is 57.9 Å². The fraction of sp³-hybridized carbons (Fsp3) is 0.143. The maximum atomic E-state index is 13.5. The highest BCUT2D eigenvalue weighted by Gasteiger charge is 2.19. The van der Waals surface area contributed by atoms with E-state index in [-0.39, 0.29) is 11.5 Å². The van der Waals surface area contributed by atoms with Crippen molar-refractivity contribution in [1.82, 2.24) is 0 Å². The third kappa shape index (κ3) is 2.54. The van der Waals surface area contributed by atoms with Gasteiger partial charge in [0.2, 0.25) is 0 Å². The van der Waals surface area contributed by atoms with Crippen molar-refractivity contribution in [1.29, 1.82) is 0 Å². The first-order chi connectivity index (χ1) is 9.54. The van der Waals surface area contributed by atoms with E-state index >= 15 is 0 Å². The Morgan fingerprint density at radius 2 is 1.70 bits per heavy atom. The molecule has 0 bridgehead atoms. The fourth-order valence-electron chi connectivity index (χ4n) is 1.93. The Bertz CT molecular complexity index is 659. The van der Waals surface area contributed by atoms with Gasteiger partial charge in [0.1, 0.15) is 17.2 Å². The van der Waals surface area contributed by atoms with E-state index in [4.69, 9.17) is 0 Å². The van der Waals surface area contributed by atoms with Crippen LogP contribution in [-0.4, -0.2) is 12.0 Å². The van der Waals surface area contributed by atoms with Crippen LogP contribution in [0.5, 0.6) is 0 Å². The molecular weight excluding hydrogens is 261 g/mol. The van der Waals surface area contributed by atoms with E-state index in [0.717, 1.165) is 0 Å². The van der Waals surface area contributed by atoms with Crippen LogP contribution in [0, 0.1) is 22.9 Å². The summed E-state index contributed by atoms with van der Waals surface area (Å²) >= 11 is 0. The monoisotopic (exact) mass is 275 g/mol. The number of nitro groups is 1. The first kappa shape index (κ1) is 13.8. The molecule has 0 aliphatic carbocycles. The van der Waals surface area contributed by atoms with Gasteiger partial charge in [-0.05, 0) is 31.2 Å². The van der Waals surface area contributed by atoms with Crippen molar-refractivity contribution >= 4 is 22.7 Å². The average molecular weight is 275 g/mol. The molecule has 104 valence electrons. The molecule has 2 rings (SSSR count). The Morgan fingerprint density at radius 1 is 1.10 bits per heavy atom. The molecule has 2 N–H and O–H groups in total. The maximum absolute atomic E-state index is 13.5. The third-order valence-corrected chi connectivity index (χ3v) is 3.02. The van der Waals surface area contributed by atoms with Crippen molar-refractivity contribution in [3.63, 3.8) is 0 Å². The largest absolute Gasteiger partial charge is 0.382 e. The van der Waals surface area contributed by atoms with Gasteiger partial charge in [0, 0.05) is 18.3 Å². The molecule has 0 amide bonds. The molecular formula is C14H14FN3O2. The van der Waals surface area contributed by atoms with Gasteiger partial charge in [-0.3, -0.25) is 10.1 Å². The molecule has 0 aromatic heterocycles. The fourth-order valence-corrected chi connectivity index (χ4v) is 1.93. The highest BCUT2D eigenvalue weighted by atomic mass is 19.1. The Labute approximate surface area is 115 Å². The van der Waals surface area contributed by atoms with Gasteiger partial charge >= 0.3 is 5.69 Å². The number of para-hydroxylation sites is 1. The highest BCUT2D eigenvalue weighted by Crippen LogP contribution is 2.35. The van der Waals surface area contributed by atoms with Gasteiger partial charge in [-0.15, -0.1) is 0 Å². The molecule has 2 aromatic rings. The summed E-state index contributed by atoms with van der Waals surface area (Å²) in [6.07, 6.45) is 0. The predicted molar refractivity (Wildman–Crippen MR) is 77.1 cm³/mol. The first-order valence-electron chi connectivity index (χ1n) is 6.02. The summed E-state index contributed by atoms with van der Waals surface area (Å²) < 4.78 is 13.5. The quantitative estimate of drug-likeness (QED) is 0.657. The van der Waals surface area contributed by atoms with Gasteiger partial charge in [-0.1, -0.05) is 12.1 Å². The van der Waals surface area contributed by atoms with Crippen molar-refractivity contribution in [2.75, 3.05) is 17.7 Å². The van der Waals surface area contributed by atoms with Crippen LogP contribution >= 0.6 is 0 Å². The van der Waals surface area contributed by atoms with Crippen LogP contribution in [0.1, 0.15) is 5.56 Å². The van der Waals surface area contributed by atoms with Crippen molar-refractivity contribution < 1.29 is 9.31 Å². The van der Waals surface area contributed by atoms with Crippen LogP contribution in [0.25, 0.3) is 0 Å². The van der Waals surface area contributed by atoms with E-state index in [1.807, 2.05) is 0 Å². The normalized spacial score (nSPS) is 10.2. The van der Waals surface area contributed by atoms with E-state index < -0.39 is 4.92 Å². The molecule has 0 saturated heterocycles. The molecule has 6 heteroatoms. The number of nitro benzene ring substituents is 1. The number of benzene rings is 2. The van der Waals surface area contributed by atoms with Gasteiger partial charge in [0.25, 0.3) is 0 Å². The Kier molecular flexibility index (Phi) is 3.84. The Hall–Kier alpha value is -2.63. The zero-order valence-corrected chi connectivity index (χ0v) is 11.1. The third-order valence-electron chi connectivity index (χ3n) is 3.02. The Morgan fingerprint density at radius 3 is 2.35 bits per heavy atom. The lowest BCUT2D eigenvalue weighted by atomic mass is 10.1.